The van der Waals surface area contributed by atoms with Crippen molar-refractivity contribution in [3.63, 3.8) is 0 Å². The molecule has 1 heterocycles. The highest BCUT2D eigenvalue weighted by Crippen LogP contribution is 2.14. The lowest BCUT2D eigenvalue weighted by atomic mass is 10.2. The number of para-hydroxylation sites is 1. The molecule has 0 spiro atoms. The van der Waals surface area contributed by atoms with Gasteiger partial charge in [0.1, 0.15) is 5.75 Å². The second-order valence-corrected chi connectivity index (χ2v) is 6.50. The summed E-state index contributed by atoms with van der Waals surface area (Å²) in [6, 6.07) is 9.88. The number of aliphatic imine (C=N–C) groups is 1. The number of hydrogen-bond donors (Lipinski definition) is 2. The van der Waals surface area contributed by atoms with E-state index in [2.05, 4.69) is 29.6 Å². The van der Waals surface area contributed by atoms with Crippen LogP contribution in [0.1, 0.15) is 30.3 Å². The van der Waals surface area contributed by atoms with Gasteiger partial charge in [-0.25, -0.2) is 4.99 Å². The first-order valence-electron chi connectivity index (χ1n) is 9.87. The third-order valence-corrected chi connectivity index (χ3v) is 4.40. The minimum Gasteiger partial charge on any atom is -0.494 e. The zero-order valence-corrected chi connectivity index (χ0v) is 17.5. The first-order chi connectivity index (χ1) is 13.7. The van der Waals surface area contributed by atoms with E-state index in [0.717, 1.165) is 49.2 Å². The number of hydrogen-bond acceptors (Lipinski definition) is 4. The topological polar surface area (TPSA) is 72.7 Å². The number of ether oxygens (including phenoxy) is 2. The molecule has 0 aliphatic rings. The highest BCUT2D eigenvalue weighted by molar-refractivity contribution is 5.79. The molecule has 2 rings (SSSR count). The molecule has 0 bridgehead atoms. The normalized spacial score (nSPS) is 11.5. The van der Waals surface area contributed by atoms with Crippen LogP contribution >= 0.6 is 0 Å². The van der Waals surface area contributed by atoms with Crippen molar-refractivity contribution in [2.45, 2.75) is 40.3 Å². The van der Waals surface area contributed by atoms with E-state index in [1.807, 2.05) is 41.9 Å². The summed E-state index contributed by atoms with van der Waals surface area (Å²) < 4.78 is 12.9. The zero-order chi connectivity index (χ0) is 20.2. The maximum atomic E-state index is 5.72. The number of aromatic nitrogens is 2. The second-order valence-electron chi connectivity index (χ2n) is 6.50. The molecule has 154 valence electrons. The minimum absolute atomic E-state index is 0.598. The Morgan fingerprint density at radius 3 is 2.64 bits per heavy atom. The van der Waals surface area contributed by atoms with E-state index in [-0.39, 0.29) is 0 Å². The quantitative estimate of drug-likeness (QED) is 0.352. The average molecular weight is 388 g/mol. The van der Waals surface area contributed by atoms with Crippen molar-refractivity contribution in [1.82, 2.24) is 20.4 Å². The van der Waals surface area contributed by atoms with Gasteiger partial charge in [-0.3, -0.25) is 4.68 Å². The summed E-state index contributed by atoms with van der Waals surface area (Å²) in [6.45, 7) is 10.5. The Morgan fingerprint density at radius 2 is 1.93 bits per heavy atom. The van der Waals surface area contributed by atoms with Gasteiger partial charge in [-0.1, -0.05) is 18.2 Å². The van der Waals surface area contributed by atoms with Crippen molar-refractivity contribution >= 4 is 5.96 Å². The van der Waals surface area contributed by atoms with Crippen molar-refractivity contribution < 1.29 is 9.47 Å². The van der Waals surface area contributed by atoms with Gasteiger partial charge in [0.25, 0.3) is 0 Å². The van der Waals surface area contributed by atoms with Crippen LogP contribution in [0.25, 0.3) is 0 Å². The summed E-state index contributed by atoms with van der Waals surface area (Å²) in [6.07, 6.45) is 0.895. The van der Waals surface area contributed by atoms with Gasteiger partial charge < -0.3 is 20.1 Å². The predicted molar refractivity (Wildman–Crippen MR) is 113 cm³/mol. The van der Waals surface area contributed by atoms with Crippen LogP contribution in [0.2, 0.25) is 0 Å². The van der Waals surface area contributed by atoms with Gasteiger partial charge >= 0.3 is 0 Å². The lowest BCUT2D eigenvalue weighted by molar-refractivity contribution is 0.182. The van der Waals surface area contributed by atoms with Gasteiger partial charge in [-0.15, -0.1) is 0 Å². The Balaban J connectivity index is 1.83. The molecule has 7 nitrogen and oxygen atoms in total. The molecule has 0 atom stereocenters. The van der Waals surface area contributed by atoms with Gasteiger partial charge in [-0.05, 0) is 39.3 Å². The summed E-state index contributed by atoms with van der Waals surface area (Å²) in [7, 11) is 1.70. The van der Waals surface area contributed by atoms with Gasteiger partial charge in [0.05, 0.1) is 32.0 Å². The molecule has 0 fully saturated rings. The Kier molecular flexibility index (Phi) is 9.34. The van der Waals surface area contributed by atoms with Crippen LogP contribution in [0.5, 0.6) is 5.75 Å². The summed E-state index contributed by atoms with van der Waals surface area (Å²) in [5, 5.41) is 11.3. The molecule has 0 saturated heterocycles. The van der Waals surface area contributed by atoms with Crippen molar-refractivity contribution in [2.75, 3.05) is 33.4 Å². The number of nitrogens with one attached hydrogen (secondary N) is 2. The number of nitrogens with zero attached hydrogens (tertiary/aromatic N) is 3. The molecule has 0 aliphatic heterocycles. The van der Waals surface area contributed by atoms with Crippen LogP contribution in [0.15, 0.2) is 35.3 Å². The Hall–Kier alpha value is -2.54. The molecule has 1 aromatic heterocycles. The van der Waals surface area contributed by atoms with E-state index in [1.165, 1.54) is 5.56 Å². The van der Waals surface area contributed by atoms with E-state index >= 15 is 0 Å². The van der Waals surface area contributed by atoms with E-state index < -0.39 is 0 Å². The van der Waals surface area contributed by atoms with Crippen molar-refractivity contribution in [2.24, 2.45) is 4.99 Å². The Bertz CT molecular complexity index is 728. The summed E-state index contributed by atoms with van der Waals surface area (Å²) >= 11 is 0. The molecule has 28 heavy (non-hydrogen) atoms. The molecule has 1 aromatic carbocycles. The van der Waals surface area contributed by atoms with E-state index in [4.69, 9.17) is 14.5 Å². The van der Waals surface area contributed by atoms with Crippen LogP contribution in [-0.2, 0) is 17.8 Å². The molecule has 0 saturated carbocycles. The fraction of sp³-hybridized carbons (Fsp3) is 0.524. The van der Waals surface area contributed by atoms with E-state index in [9.17, 15) is 0 Å². The van der Waals surface area contributed by atoms with Crippen molar-refractivity contribution in [3.8, 4) is 5.75 Å². The molecular weight excluding hydrogens is 354 g/mol. The van der Waals surface area contributed by atoms with Crippen LogP contribution in [0.4, 0.5) is 0 Å². The van der Waals surface area contributed by atoms with Crippen LogP contribution in [0.3, 0.4) is 0 Å². The van der Waals surface area contributed by atoms with Gasteiger partial charge in [0.2, 0.25) is 0 Å². The highest BCUT2D eigenvalue weighted by atomic mass is 16.5. The van der Waals surface area contributed by atoms with Crippen LogP contribution < -0.4 is 15.4 Å². The first kappa shape index (κ1) is 21.8. The fourth-order valence-corrected chi connectivity index (χ4v) is 2.84. The molecule has 2 N–H and O–H groups in total. The molecule has 0 amide bonds. The second kappa shape index (κ2) is 12.0. The first-order valence-corrected chi connectivity index (χ1v) is 9.87. The molecular formula is C21H33N5O2. The number of benzene rings is 1. The Morgan fingerprint density at radius 1 is 1.14 bits per heavy atom. The van der Waals surface area contributed by atoms with Crippen LogP contribution in [-0.4, -0.2) is 49.2 Å². The summed E-state index contributed by atoms with van der Waals surface area (Å²) in [5.41, 5.74) is 3.33. The number of guanidine groups is 1. The third-order valence-electron chi connectivity index (χ3n) is 4.40. The lowest BCUT2D eigenvalue weighted by Crippen LogP contribution is -2.38. The van der Waals surface area contributed by atoms with E-state index in [1.54, 1.807) is 7.11 Å². The van der Waals surface area contributed by atoms with Gasteiger partial charge in [-0.2, -0.15) is 5.10 Å². The summed E-state index contributed by atoms with van der Waals surface area (Å²) in [4.78, 5) is 4.72. The fourth-order valence-electron chi connectivity index (χ4n) is 2.84. The average Bonchev–Trinajstić information content (AvgIpc) is 2.97. The Labute approximate surface area is 168 Å². The van der Waals surface area contributed by atoms with Crippen LogP contribution in [0, 0.1) is 13.8 Å². The molecule has 0 aliphatic carbocycles. The number of methoxy groups -OCH3 is 1. The third kappa shape index (κ3) is 6.88. The standard InChI is InChI=1S/C21H33N5O2/c1-5-22-21(23-12-9-14-28-19-10-7-6-8-11-19)24-16-20-17(2)25-26(18(20)3)13-15-27-4/h6-8,10-11H,5,9,12-16H2,1-4H3,(H2,22,23,24). The maximum absolute atomic E-state index is 5.72. The number of rotatable bonds is 11. The minimum atomic E-state index is 0.598. The predicted octanol–water partition coefficient (Wildman–Crippen LogP) is 2.67. The smallest absolute Gasteiger partial charge is 0.191 e. The monoisotopic (exact) mass is 387 g/mol. The molecule has 7 heteroatoms. The van der Waals surface area contributed by atoms with Crippen molar-refractivity contribution in [3.05, 3.63) is 47.3 Å². The van der Waals surface area contributed by atoms with Gasteiger partial charge in [0, 0.05) is 31.5 Å². The number of aryl methyl sites for hydroxylation is 1. The zero-order valence-electron chi connectivity index (χ0n) is 17.5. The molecule has 0 radical (unpaired) electrons. The lowest BCUT2D eigenvalue weighted by Gasteiger charge is -2.12. The maximum Gasteiger partial charge on any atom is 0.191 e. The van der Waals surface area contributed by atoms with Gasteiger partial charge in [0.15, 0.2) is 5.96 Å². The molecule has 2 aromatic rings. The molecule has 0 unspecified atom stereocenters. The van der Waals surface area contributed by atoms with Crippen molar-refractivity contribution in [1.29, 1.82) is 0 Å². The summed E-state index contributed by atoms with van der Waals surface area (Å²) in [5.74, 6) is 1.71. The van der Waals surface area contributed by atoms with E-state index in [0.29, 0.717) is 19.8 Å². The largest absolute Gasteiger partial charge is 0.494 e. The highest BCUT2D eigenvalue weighted by Gasteiger charge is 2.11. The SMILES string of the molecule is CCNC(=NCc1c(C)nn(CCOC)c1C)NCCCOc1ccccc1.